The topological polar surface area (TPSA) is 86.8 Å². The molecule has 1 atom stereocenters. The number of hydrogen-bond acceptors (Lipinski definition) is 4. The lowest BCUT2D eigenvalue weighted by atomic mass is 10.0. The van der Waals surface area contributed by atoms with Crippen LogP contribution < -0.4 is 9.62 Å². The fourth-order valence-corrected chi connectivity index (χ4v) is 7.78. The molecule has 0 unspecified atom stereocenters. The molecule has 4 aromatic rings. The summed E-state index contributed by atoms with van der Waals surface area (Å²) in [5.41, 5.74) is 1.17. The van der Waals surface area contributed by atoms with Crippen molar-refractivity contribution >= 4 is 62.3 Å². The molecular weight excluding hydrogens is 684 g/mol. The summed E-state index contributed by atoms with van der Waals surface area (Å²) in [4.78, 5) is 29.9. The molecule has 246 valence electrons. The number of carbonyl (C=O) groups excluding carboxylic acids is 2. The number of amides is 2. The average molecular weight is 717 g/mol. The minimum Gasteiger partial charge on any atom is -0.352 e. The minimum absolute atomic E-state index is 0.0284. The molecule has 0 spiro atoms. The van der Waals surface area contributed by atoms with E-state index in [-0.39, 0.29) is 50.6 Å². The summed E-state index contributed by atoms with van der Waals surface area (Å²) < 4.78 is 43.2. The monoisotopic (exact) mass is 715 g/mol. The number of sulfonamides is 1. The highest BCUT2D eigenvalue weighted by Gasteiger charge is 2.36. The molecule has 1 aliphatic rings. The molecule has 4 aromatic carbocycles. The van der Waals surface area contributed by atoms with Gasteiger partial charge in [0, 0.05) is 34.6 Å². The summed E-state index contributed by atoms with van der Waals surface area (Å²) >= 11 is 19.2. The molecule has 0 aromatic heterocycles. The summed E-state index contributed by atoms with van der Waals surface area (Å²) in [6.07, 6.45) is 3.75. The van der Waals surface area contributed by atoms with E-state index >= 15 is 0 Å². The van der Waals surface area contributed by atoms with Gasteiger partial charge in [0.2, 0.25) is 11.8 Å². The third-order valence-electron chi connectivity index (χ3n) is 8.16. The molecule has 1 aliphatic carbocycles. The van der Waals surface area contributed by atoms with Crippen molar-refractivity contribution in [2.75, 3.05) is 10.8 Å². The molecule has 0 aliphatic heterocycles. The Balaban J connectivity index is 1.60. The molecule has 2 amide bonds. The van der Waals surface area contributed by atoms with Crippen LogP contribution in [0.15, 0.2) is 102 Å². The first kappa shape index (κ1) is 34.7. The largest absolute Gasteiger partial charge is 0.352 e. The van der Waals surface area contributed by atoms with E-state index in [1.165, 1.54) is 23.1 Å². The number of benzene rings is 4. The Labute approximate surface area is 289 Å². The summed E-state index contributed by atoms with van der Waals surface area (Å²) in [5, 5.41) is 3.36. The Bertz CT molecular complexity index is 1800. The van der Waals surface area contributed by atoms with Gasteiger partial charge >= 0.3 is 0 Å². The molecule has 0 bridgehead atoms. The predicted molar refractivity (Wildman–Crippen MR) is 184 cm³/mol. The molecule has 1 fully saturated rings. The van der Waals surface area contributed by atoms with Gasteiger partial charge in [0.25, 0.3) is 10.0 Å². The summed E-state index contributed by atoms with van der Waals surface area (Å²) in [5.74, 6) is -1.83. The Hall–Kier alpha value is -3.63. The third-order valence-corrected chi connectivity index (χ3v) is 10.9. The van der Waals surface area contributed by atoms with Crippen LogP contribution in [0.2, 0.25) is 15.1 Å². The van der Waals surface area contributed by atoms with Gasteiger partial charge in [0.1, 0.15) is 18.4 Å². The molecule has 0 radical (unpaired) electrons. The highest BCUT2D eigenvalue weighted by molar-refractivity contribution is 7.92. The van der Waals surface area contributed by atoms with Gasteiger partial charge in [-0.05, 0) is 60.9 Å². The number of hydrogen-bond donors (Lipinski definition) is 1. The first-order chi connectivity index (χ1) is 22.5. The van der Waals surface area contributed by atoms with Crippen molar-refractivity contribution in [3.8, 4) is 0 Å². The first-order valence-corrected chi connectivity index (χ1v) is 17.7. The van der Waals surface area contributed by atoms with Crippen LogP contribution in [0, 0.1) is 5.82 Å². The summed E-state index contributed by atoms with van der Waals surface area (Å²) in [7, 11) is -4.37. The van der Waals surface area contributed by atoms with Crippen molar-refractivity contribution < 1.29 is 22.4 Å². The maximum Gasteiger partial charge on any atom is 0.264 e. The maximum atomic E-state index is 14.6. The lowest BCUT2D eigenvalue weighted by Crippen LogP contribution is -2.54. The molecule has 5 rings (SSSR count). The fraction of sp³-hybridized carbons (Fsp3) is 0.257. The van der Waals surface area contributed by atoms with Crippen molar-refractivity contribution in [3.05, 3.63) is 129 Å². The van der Waals surface area contributed by atoms with Crippen LogP contribution >= 0.6 is 34.8 Å². The van der Waals surface area contributed by atoms with E-state index in [1.807, 2.05) is 30.3 Å². The van der Waals surface area contributed by atoms with Gasteiger partial charge in [-0.2, -0.15) is 0 Å². The number of carbonyl (C=O) groups is 2. The van der Waals surface area contributed by atoms with Crippen LogP contribution in [0.4, 0.5) is 10.1 Å². The van der Waals surface area contributed by atoms with Gasteiger partial charge in [-0.3, -0.25) is 13.9 Å². The number of anilines is 1. The second-order valence-corrected chi connectivity index (χ2v) is 14.4. The molecule has 7 nitrogen and oxygen atoms in total. The highest BCUT2D eigenvalue weighted by Crippen LogP contribution is 2.31. The number of nitrogens with zero attached hydrogens (tertiary/aromatic N) is 2. The first-order valence-electron chi connectivity index (χ1n) is 15.1. The standard InChI is InChI=1S/C35H33Cl3FN3O4S/c36-29-16-9-17-30(37)28(29)22-41(33(20-24-10-3-1-4-11-24)35(44)40-25-12-7-8-13-25)34(43)23-42(26-18-19-32(39)31(38)21-26)47(45,46)27-14-5-2-6-15-27/h1-6,9-11,14-19,21,25,33H,7-8,12-13,20,22-23H2,(H,40,44)/t33-/m0/s1. The smallest absolute Gasteiger partial charge is 0.264 e. The Morgan fingerprint density at radius 1 is 0.830 bits per heavy atom. The normalized spacial score (nSPS) is 14.0. The van der Waals surface area contributed by atoms with E-state index in [0.717, 1.165) is 47.7 Å². The lowest BCUT2D eigenvalue weighted by molar-refractivity contribution is -0.140. The van der Waals surface area contributed by atoms with Crippen molar-refractivity contribution in [1.82, 2.24) is 10.2 Å². The third kappa shape index (κ3) is 8.46. The zero-order chi connectivity index (χ0) is 33.6. The van der Waals surface area contributed by atoms with Crippen LogP contribution in [0.5, 0.6) is 0 Å². The van der Waals surface area contributed by atoms with Gasteiger partial charge in [0.15, 0.2) is 0 Å². The second-order valence-electron chi connectivity index (χ2n) is 11.3. The Kier molecular flexibility index (Phi) is 11.5. The lowest BCUT2D eigenvalue weighted by Gasteiger charge is -2.34. The van der Waals surface area contributed by atoms with Gasteiger partial charge in [-0.15, -0.1) is 0 Å². The van der Waals surface area contributed by atoms with E-state index in [4.69, 9.17) is 34.8 Å². The fourth-order valence-electron chi connectivity index (χ4n) is 5.66. The van der Waals surface area contributed by atoms with Gasteiger partial charge in [-0.1, -0.05) is 102 Å². The van der Waals surface area contributed by atoms with E-state index in [2.05, 4.69) is 5.32 Å². The van der Waals surface area contributed by atoms with Crippen molar-refractivity contribution in [2.24, 2.45) is 0 Å². The van der Waals surface area contributed by atoms with Crippen LogP contribution in [0.25, 0.3) is 0 Å². The molecule has 0 heterocycles. The van der Waals surface area contributed by atoms with E-state index in [1.54, 1.807) is 36.4 Å². The molecule has 0 saturated heterocycles. The van der Waals surface area contributed by atoms with Crippen LogP contribution in [0.1, 0.15) is 36.8 Å². The summed E-state index contributed by atoms with van der Waals surface area (Å²) in [6.45, 7) is -0.917. The highest BCUT2D eigenvalue weighted by atomic mass is 35.5. The predicted octanol–water partition coefficient (Wildman–Crippen LogP) is 7.68. The van der Waals surface area contributed by atoms with E-state index < -0.39 is 34.3 Å². The van der Waals surface area contributed by atoms with Gasteiger partial charge < -0.3 is 10.2 Å². The van der Waals surface area contributed by atoms with Gasteiger partial charge in [0.05, 0.1) is 15.6 Å². The van der Waals surface area contributed by atoms with Crippen LogP contribution in [-0.2, 0) is 32.6 Å². The summed E-state index contributed by atoms with van der Waals surface area (Å²) in [6, 6.07) is 24.0. The molecular formula is C35H33Cl3FN3O4S. The number of halogens is 4. The van der Waals surface area contributed by atoms with Crippen molar-refractivity contribution in [1.29, 1.82) is 0 Å². The molecule has 1 N–H and O–H groups in total. The second kappa shape index (κ2) is 15.5. The van der Waals surface area contributed by atoms with E-state index in [9.17, 15) is 22.4 Å². The Morgan fingerprint density at radius 2 is 1.45 bits per heavy atom. The van der Waals surface area contributed by atoms with Crippen LogP contribution in [0.3, 0.4) is 0 Å². The zero-order valence-electron chi connectivity index (χ0n) is 25.3. The molecule has 47 heavy (non-hydrogen) atoms. The van der Waals surface area contributed by atoms with E-state index in [0.29, 0.717) is 5.56 Å². The Morgan fingerprint density at radius 3 is 2.06 bits per heavy atom. The molecule has 12 heteroatoms. The van der Waals surface area contributed by atoms with Crippen molar-refractivity contribution in [3.63, 3.8) is 0 Å². The van der Waals surface area contributed by atoms with Gasteiger partial charge in [-0.25, -0.2) is 12.8 Å². The number of nitrogens with one attached hydrogen (secondary N) is 1. The number of rotatable bonds is 12. The molecule has 1 saturated carbocycles. The minimum atomic E-state index is -4.37. The average Bonchev–Trinajstić information content (AvgIpc) is 3.58. The van der Waals surface area contributed by atoms with Crippen LogP contribution in [-0.4, -0.2) is 43.8 Å². The zero-order valence-corrected chi connectivity index (χ0v) is 28.4. The maximum absolute atomic E-state index is 14.6. The SMILES string of the molecule is O=C(NC1CCCC1)[C@H](Cc1ccccc1)N(Cc1c(Cl)cccc1Cl)C(=O)CN(c1ccc(F)c(Cl)c1)S(=O)(=O)c1ccccc1. The quantitative estimate of drug-likeness (QED) is 0.163. The van der Waals surface area contributed by atoms with Crippen molar-refractivity contribution in [2.45, 2.75) is 55.6 Å².